The molecule has 138 valence electrons. The molecule has 2 rings (SSSR count). The second kappa shape index (κ2) is 7.81. The van der Waals surface area contributed by atoms with Crippen LogP contribution in [0.4, 0.5) is 4.79 Å². The number of hydrogen-bond donors (Lipinski definition) is 1. The van der Waals surface area contributed by atoms with Crippen LogP contribution >= 0.6 is 23.2 Å². The summed E-state index contributed by atoms with van der Waals surface area (Å²) in [6.07, 6.45) is -0.879. The van der Waals surface area contributed by atoms with Gasteiger partial charge in [-0.15, -0.1) is 0 Å². The largest absolute Gasteiger partial charge is 0.480 e. The molecule has 6 nitrogen and oxygen atoms in total. The van der Waals surface area contributed by atoms with E-state index in [1.807, 2.05) is 0 Å². The van der Waals surface area contributed by atoms with Crippen molar-refractivity contribution in [3.8, 4) is 0 Å². The molecular formula is C17H21Cl2NO5. The minimum atomic E-state index is -1.08. The Morgan fingerprint density at radius 2 is 2.00 bits per heavy atom. The fourth-order valence-corrected chi connectivity index (χ4v) is 2.98. The quantitative estimate of drug-likeness (QED) is 0.842. The molecule has 1 amide bonds. The molecule has 0 aliphatic carbocycles. The Hall–Kier alpha value is -1.50. The van der Waals surface area contributed by atoms with Crippen molar-refractivity contribution in [1.82, 2.24) is 4.90 Å². The van der Waals surface area contributed by atoms with Crippen LogP contribution in [0.5, 0.6) is 0 Å². The first-order valence-electron chi connectivity index (χ1n) is 7.85. The van der Waals surface area contributed by atoms with Gasteiger partial charge in [0.2, 0.25) is 0 Å². The van der Waals surface area contributed by atoms with E-state index in [1.54, 1.807) is 39.0 Å². The lowest BCUT2D eigenvalue weighted by atomic mass is 10.2. The van der Waals surface area contributed by atoms with Gasteiger partial charge < -0.3 is 14.6 Å². The summed E-state index contributed by atoms with van der Waals surface area (Å²) in [6.45, 7) is 5.54. The number of carbonyl (C=O) groups excluding carboxylic acids is 1. The normalized spacial score (nSPS) is 20.6. The summed E-state index contributed by atoms with van der Waals surface area (Å²) in [5.41, 5.74) is 0.0456. The summed E-state index contributed by atoms with van der Waals surface area (Å²) in [7, 11) is 0. The van der Waals surface area contributed by atoms with Crippen molar-refractivity contribution in [2.45, 2.75) is 51.5 Å². The molecule has 0 bridgehead atoms. The molecular weight excluding hydrogens is 369 g/mol. The number of carbonyl (C=O) groups is 2. The minimum Gasteiger partial charge on any atom is -0.480 e. The summed E-state index contributed by atoms with van der Waals surface area (Å²) in [5.74, 6) is -1.08. The summed E-state index contributed by atoms with van der Waals surface area (Å²) in [5, 5.41) is 10.4. The van der Waals surface area contributed by atoms with Gasteiger partial charge in [-0.25, -0.2) is 9.59 Å². The molecule has 2 atom stereocenters. The fourth-order valence-electron chi connectivity index (χ4n) is 2.52. The third-order valence-corrected chi connectivity index (χ3v) is 4.25. The minimum absolute atomic E-state index is 0.150. The molecule has 1 aliphatic rings. The Bertz CT molecular complexity index is 659. The van der Waals surface area contributed by atoms with Gasteiger partial charge >= 0.3 is 12.1 Å². The molecule has 1 N–H and O–H groups in total. The molecule has 25 heavy (non-hydrogen) atoms. The molecule has 8 heteroatoms. The van der Waals surface area contributed by atoms with Crippen molar-refractivity contribution >= 4 is 35.3 Å². The van der Waals surface area contributed by atoms with E-state index in [2.05, 4.69) is 0 Å². The molecule has 0 aromatic heterocycles. The Labute approximate surface area is 156 Å². The van der Waals surface area contributed by atoms with Gasteiger partial charge in [0.05, 0.1) is 19.3 Å². The highest BCUT2D eigenvalue weighted by Crippen LogP contribution is 2.26. The van der Waals surface area contributed by atoms with Crippen molar-refractivity contribution in [1.29, 1.82) is 0 Å². The van der Waals surface area contributed by atoms with E-state index in [0.717, 1.165) is 5.56 Å². The van der Waals surface area contributed by atoms with Gasteiger partial charge in [0.15, 0.2) is 0 Å². The number of ether oxygens (including phenoxy) is 2. The number of carboxylic acid groups (broad SMARTS) is 1. The smallest absolute Gasteiger partial charge is 0.411 e. The predicted molar refractivity (Wildman–Crippen MR) is 94.0 cm³/mol. The van der Waals surface area contributed by atoms with E-state index in [-0.39, 0.29) is 19.6 Å². The van der Waals surface area contributed by atoms with Crippen molar-refractivity contribution in [2.75, 3.05) is 6.54 Å². The summed E-state index contributed by atoms with van der Waals surface area (Å²) in [6, 6.07) is 4.10. The molecule has 1 saturated heterocycles. The summed E-state index contributed by atoms with van der Waals surface area (Å²) in [4.78, 5) is 24.9. The van der Waals surface area contributed by atoms with E-state index in [4.69, 9.17) is 32.7 Å². The van der Waals surface area contributed by atoms with E-state index in [9.17, 15) is 14.7 Å². The average molecular weight is 390 g/mol. The Balaban J connectivity index is 2.01. The van der Waals surface area contributed by atoms with Crippen LogP contribution in [0, 0.1) is 0 Å². The van der Waals surface area contributed by atoms with Crippen LogP contribution in [-0.2, 0) is 20.9 Å². The second-order valence-electron chi connectivity index (χ2n) is 6.89. The highest BCUT2D eigenvalue weighted by Gasteiger charge is 2.42. The number of halogens is 2. The van der Waals surface area contributed by atoms with Gasteiger partial charge in [0.25, 0.3) is 0 Å². The maximum atomic E-state index is 12.2. The highest BCUT2D eigenvalue weighted by molar-refractivity contribution is 6.35. The van der Waals surface area contributed by atoms with Crippen LogP contribution in [0.2, 0.25) is 10.0 Å². The monoisotopic (exact) mass is 389 g/mol. The third-order valence-electron chi connectivity index (χ3n) is 3.67. The maximum absolute atomic E-state index is 12.2. The van der Waals surface area contributed by atoms with Crippen LogP contribution in [0.3, 0.4) is 0 Å². The predicted octanol–water partition coefficient (Wildman–Crippen LogP) is 3.97. The highest BCUT2D eigenvalue weighted by atomic mass is 35.5. The van der Waals surface area contributed by atoms with E-state index in [0.29, 0.717) is 10.0 Å². The SMILES string of the molecule is CC(C)(C)OC(=O)N1CC(OCc2ccc(Cl)cc2Cl)CC1C(=O)O. The van der Waals surface area contributed by atoms with Crippen molar-refractivity contribution < 1.29 is 24.2 Å². The molecule has 2 unspecified atom stereocenters. The zero-order chi connectivity index (χ0) is 18.8. The van der Waals surface area contributed by atoms with E-state index in [1.165, 1.54) is 4.90 Å². The van der Waals surface area contributed by atoms with Gasteiger partial charge in [-0.3, -0.25) is 4.90 Å². The molecule has 1 fully saturated rings. The molecule has 0 radical (unpaired) electrons. The Kier molecular flexibility index (Phi) is 6.19. The first-order chi connectivity index (χ1) is 11.6. The number of benzene rings is 1. The zero-order valence-electron chi connectivity index (χ0n) is 14.3. The molecule has 1 aromatic carbocycles. The van der Waals surface area contributed by atoms with Gasteiger partial charge in [-0.1, -0.05) is 29.3 Å². The van der Waals surface area contributed by atoms with Crippen LogP contribution in [0.25, 0.3) is 0 Å². The maximum Gasteiger partial charge on any atom is 0.411 e. The Morgan fingerprint density at radius 3 is 2.56 bits per heavy atom. The first kappa shape index (κ1) is 19.8. The number of amides is 1. The Morgan fingerprint density at radius 1 is 1.32 bits per heavy atom. The van der Waals surface area contributed by atoms with Crippen molar-refractivity contribution in [3.63, 3.8) is 0 Å². The third kappa shape index (κ3) is 5.49. The van der Waals surface area contributed by atoms with Crippen molar-refractivity contribution in [3.05, 3.63) is 33.8 Å². The van der Waals surface area contributed by atoms with Gasteiger partial charge in [-0.2, -0.15) is 0 Å². The lowest BCUT2D eigenvalue weighted by Crippen LogP contribution is -2.43. The summed E-state index contributed by atoms with van der Waals surface area (Å²) < 4.78 is 11.0. The second-order valence-corrected chi connectivity index (χ2v) is 7.73. The number of nitrogens with zero attached hydrogens (tertiary/aromatic N) is 1. The van der Waals surface area contributed by atoms with Crippen LogP contribution in [0.1, 0.15) is 32.8 Å². The van der Waals surface area contributed by atoms with Crippen LogP contribution in [0.15, 0.2) is 18.2 Å². The first-order valence-corrected chi connectivity index (χ1v) is 8.60. The van der Waals surface area contributed by atoms with E-state index >= 15 is 0 Å². The molecule has 1 aromatic rings. The number of likely N-dealkylation sites (tertiary alicyclic amines) is 1. The lowest BCUT2D eigenvalue weighted by molar-refractivity contribution is -0.142. The van der Waals surface area contributed by atoms with E-state index < -0.39 is 29.8 Å². The van der Waals surface area contributed by atoms with Gasteiger partial charge in [-0.05, 0) is 38.5 Å². The van der Waals surface area contributed by atoms with Gasteiger partial charge in [0.1, 0.15) is 11.6 Å². The number of hydrogen-bond acceptors (Lipinski definition) is 4. The van der Waals surface area contributed by atoms with Crippen LogP contribution in [-0.4, -0.2) is 46.4 Å². The molecule has 0 spiro atoms. The zero-order valence-corrected chi connectivity index (χ0v) is 15.8. The summed E-state index contributed by atoms with van der Waals surface area (Å²) >= 11 is 12.0. The lowest BCUT2D eigenvalue weighted by Gasteiger charge is -2.26. The van der Waals surface area contributed by atoms with Gasteiger partial charge in [0, 0.05) is 16.5 Å². The van der Waals surface area contributed by atoms with Crippen molar-refractivity contribution in [2.24, 2.45) is 0 Å². The fraction of sp³-hybridized carbons (Fsp3) is 0.529. The van der Waals surface area contributed by atoms with Crippen LogP contribution < -0.4 is 0 Å². The molecule has 1 aliphatic heterocycles. The number of rotatable bonds is 4. The number of carboxylic acids is 1. The molecule has 1 heterocycles. The standard InChI is InChI=1S/C17H21Cl2NO5/c1-17(2,3)25-16(23)20-8-12(7-14(20)15(21)22)24-9-10-4-5-11(18)6-13(10)19/h4-6,12,14H,7-9H2,1-3H3,(H,21,22). The number of aliphatic carboxylic acids is 1. The topological polar surface area (TPSA) is 76.1 Å². The molecule has 0 saturated carbocycles. The average Bonchev–Trinajstić information content (AvgIpc) is 2.89.